The van der Waals surface area contributed by atoms with E-state index in [1.54, 1.807) is 0 Å². The summed E-state index contributed by atoms with van der Waals surface area (Å²) < 4.78 is 0. The molecule has 0 spiro atoms. The molecular formula is C18H35N7O6. The van der Waals surface area contributed by atoms with E-state index < -0.39 is 54.5 Å². The first kappa shape index (κ1) is 28.1. The van der Waals surface area contributed by atoms with E-state index in [-0.39, 0.29) is 31.3 Å². The molecule has 0 heterocycles. The molecule has 0 aliphatic heterocycles. The summed E-state index contributed by atoms with van der Waals surface area (Å²) in [4.78, 5) is 52.2. The number of nitrogens with zero attached hydrogens (tertiary/aromatic N) is 1. The number of carboxylic acid groups (broad SMARTS) is 1. The number of carboxylic acids is 1. The van der Waals surface area contributed by atoms with E-state index in [1.807, 2.05) is 13.8 Å². The summed E-state index contributed by atoms with van der Waals surface area (Å²) in [6.45, 7) is 4.48. The van der Waals surface area contributed by atoms with E-state index >= 15 is 0 Å². The quantitative estimate of drug-likeness (QED) is 0.0769. The van der Waals surface area contributed by atoms with Crippen LogP contribution in [0.1, 0.15) is 40.0 Å². The standard InChI is InChI=1S/C18H35N7O6/c1-9(2)7-12(17(30)31)24-15(28)11(5-4-6-22-18(20)21)23-16(29)13(8-26)25-14(27)10(3)19/h9-13,26H,4-8,19H2,1-3H3,(H,23,29)(H,24,28)(H,25,27)(H,30,31)(H4,20,21,22). The van der Waals surface area contributed by atoms with Crippen molar-refractivity contribution in [1.29, 1.82) is 0 Å². The van der Waals surface area contributed by atoms with Crippen LogP contribution in [0.3, 0.4) is 0 Å². The molecule has 0 aromatic heterocycles. The Balaban J connectivity index is 5.35. The first-order chi connectivity index (χ1) is 14.4. The van der Waals surface area contributed by atoms with Crippen molar-refractivity contribution in [1.82, 2.24) is 16.0 Å². The number of aliphatic hydroxyl groups is 1. The normalized spacial score (nSPS) is 14.6. The van der Waals surface area contributed by atoms with Gasteiger partial charge in [-0.2, -0.15) is 0 Å². The lowest BCUT2D eigenvalue weighted by atomic mass is 10.0. The van der Waals surface area contributed by atoms with Gasteiger partial charge in [-0.25, -0.2) is 4.79 Å². The average molecular weight is 446 g/mol. The molecule has 0 aromatic rings. The Morgan fingerprint density at radius 1 is 0.903 bits per heavy atom. The number of guanidine groups is 1. The molecule has 0 aliphatic carbocycles. The van der Waals surface area contributed by atoms with E-state index in [0.717, 1.165) is 0 Å². The van der Waals surface area contributed by atoms with Crippen molar-refractivity contribution < 1.29 is 29.4 Å². The van der Waals surface area contributed by atoms with Crippen LogP contribution in [-0.4, -0.2) is 77.2 Å². The number of hydrogen-bond donors (Lipinski definition) is 8. The van der Waals surface area contributed by atoms with E-state index in [4.69, 9.17) is 17.2 Å². The zero-order valence-electron chi connectivity index (χ0n) is 18.1. The maximum Gasteiger partial charge on any atom is 0.326 e. The fourth-order valence-electron chi connectivity index (χ4n) is 2.51. The summed E-state index contributed by atoms with van der Waals surface area (Å²) in [5.41, 5.74) is 16.0. The minimum atomic E-state index is -1.34. The predicted molar refractivity (Wildman–Crippen MR) is 114 cm³/mol. The van der Waals surface area contributed by atoms with E-state index in [2.05, 4.69) is 20.9 Å². The molecule has 3 amide bonds. The van der Waals surface area contributed by atoms with Crippen molar-refractivity contribution >= 4 is 29.7 Å². The monoisotopic (exact) mass is 445 g/mol. The third-order valence-electron chi connectivity index (χ3n) is 4.13. The van der Waals surface area contributed by atoms with Gasteiger partial charge in [0.2, 0.25) is 17.7 Å². The van der Waals surface area contributed by atoms with Gasteiger partial charge in [0.15, 0.2) is 5.96 Å². The second kappa shape index (κ2) is 14.1. The lowest BCUT2D eigenvalue weighted by molar-refractivity contribution is -0.143. The number of aliphatic imine (C=N–C) groups is 1. The topological polar surface area (TPSA) is 235 Å². The van der Waals surface area contributed by atoms with Crippen molar-refractivity contribution in [2.75, 3.05) is 13.2 Å². The van der Waals surface area contributed by atoms with Crippen LogP contribution in [0.25, 0.3) is 0 Å². The van der Waals surface area contributed by atoms with Gasteiger partial charge in [0.25, 0.3) is 0 Å². The lowest BCUT2D eigenvalue weighted by Gasteiger charge is -2.24. The number of amides is 3. The molecule has 0 saturated heterocycles. The second-order valence-electron chi connectivity index (χ2n) is 7.57. The Morgan fingerprint density at radius 3 is 1.87 bits per heavy atom. The highest BCUT2D eigenvalue weighted by molar-refractivity contribution is 5.94. The van der Waals surface area contributed by atoms with Gasteiger partial charge in [-0.3, -0.25) is 19.4 Å². The molecule has 31 heavy (non-hydrogen) atoms. The molecule has 0 fully saturated rings. The Morgan fingerprint density at radius 2 is 1.42 bits per heavy atom. The molecular weight excluding hydrogens is 410 g/mol. The number of carbonyl (C=O) groups is 4. The summed E-state index contributed by atoms with van der Waals surface area (Å²) in [6.07, 6.45) is 0.579. The molecule has 178 valence electrons. The number of nitrogens with one attached hydrogen (secondary N) is 3. The third-order valence-corrected chi connectivity index (χ3v) is 4.13. The van der Waals surface area contributed by atoms with E-state index in [9.17, 15) is 29.4 Å². The summed E-state index contributed by atoms with van der Waals surface area (Å²) in [5.74, 6) is -3.54. The third kappa shape index (κ3) is 11.7. The van der Waals surface area contributed by atoms with Crippen molar-refractivity contribution in [3.05, 3.63) is 0 Å². The van der Waals surface area contributed by atoms with Crippen LogP contribution in [0, 0.1) is 5.92 Å². The van der Waals surface area contributed by atoms with Crippen molar-refractivity contribution in [2.24, 2.45) is 28.1 Å². The van der Waals surface area contributed by atoms with Gasteiger partial charge in [0.1, 0.15) is 18.1 Å². The molecule has 4 unspecified atom stereocenters. The molecule has 4 atom stereocenters. The fraction of sp³-hybridized carbons (Fsp3) is 0.722. The molecule has 0 bridgehead atoms. The summed E-state index contributed by atoms with van der Waals surface area (Å²) >= 11 is 0. The lowest BCUT2D eigenvalue weighted by Crippen LogP contribution is -2.57. The Hall–Kier alpha value is -2.93. The van der Waals surface area contributed by atoms with E-state index in [0.29, 0.717) is 6.42 Å². The number of aliphatic hydroxyl groups excluding tert-OH is 1. The number of aliphatic carboxylic acids is 1. The predicted octanol–water partition coefficient (Wildman–Crippen LogP) is -3.04. The van der Waals surface area contributed by atoms with Gasteiger partial charge >= 0.3 is 5.97 Å². The zero-order chi connectivity index (χ0) is 24.1. The molecule has 0 saturated carbocycles. The molecule has 0 aromatic carbocycles. The first-order valence-corrected chi connectivity index (χ1v) is 9.94. The zero-order valence-corrected chi connectivity index (χ0v) is 18.1. The largest absolute Gasteiger partial charge is 0.480 e. The van der Waals surface area contributed by atoms with Gasteiger partial charge in [-0.05, 0) is 32.1 Å². The minimum Gasteiger partial charge on any atom is -0.480 e. The SMILES string of the molecule is CC(C)CC(NC(=O)C(CCCN=C(N)N)NC(=O)C(CO)NC(=O)C(C)N)C(=O)O. The number of rotatable bonds is 14. The van der Waals surface area contributed by atoms with Gasteiger partial charge in [0.05, 0.1) is 12.6 Å². The molecule has 13 heteroatoms. The van der Waals surface area contributed by atoms with Gasteiger partial charge < -0.3 is 43.4 Å². The second-order valence-corrected chi connectivity index (χ2v) is 7.57. The fourth-order valence-corrected chi connectivity index (χ4v) is 2.51. The van der Waals surface area contributed by atoms with Crippen molar-refractivity contribution in [2.45, 2.75) is 64.2 Å². The first-order valence-electron chi connectivity index (χ1n) is 9.94. The molecule has 11 N–H and O–H groups in total. The summed E-state index contributed by atoms with van der Waals surface area (Å²) in [5, 5.41) is 25.9. The summed E-state index contributed by atoms with van der Waals surface area (Å²) in [6, 6.07) is -4.53. The van der Waals surface area contributed by atoms with Gasteiger partial charge in [0, 0.05) is 6.54 Å². The van der Waals surface area contributed by atoms with Gasteiger partial charge in [-0.15, -0.1) is 0 Å². The van der Waals surface area contributed by atoms with Crippen molar-refractivity contribution in [3.8, 4) is 0 Å². The van der Waals surface area contributed by atoms with Crippen molar-refractivity contribution in [3.63, 3.8) is 0 Å². The highest BCUT2D eigenvalue weighted by Crippen LogP contribution is 2.07. The molecule has 0 rings (SSSR count). The van der Waals surface area contributed by atoms with Crippen LogP contribution in [-0.2, 0) is 19.2 Å². The highest BCUT2D eigenvalue weighted by atomic mass is 16.4. The van der Waals surface area contributed by atoms with Crippen LogP contribution < -0.4 is 33.2 Å². The Labute approximate surface area is 181 Å². The summed E-state index contributed by atoms with van der Waals surface area (Å²) in [7, 11) is 0. The molecule has 0 aliphatic rings. The van der Waals surface area contributed by atoms with Crippen LogP contribution in [0.4, 0.5) is 0 Å². The van der Waals surface area contributed by atoms with Crippen LogP contribution in [0.5, 0.6) is 0 Å². The maximum atomic E-state index is 12.7. The maximum absolute atomic E-state index is 12.7. The number of nitrogens with two attached hydrogens (primary N) is 3. The Kier molecular flexibility index (Phi) is 12.8. The molecule has 0 radical (unpaired) electrons. The molecule has 13 nitrogen and oxygen atoms in total. The van der Waals surface area contributed by atoms with Crippen LogP contribution in [0.15, 0.2) is 4.99 Å². The Bertz CT molecular complexity index is 649. The number of hydrogen-bond acceptors (Lipinski definition) is 7. The average Bonchev–Trinajstić information content (AvgIpc) is 2.66. The number of carbonyl (C=O) groups excluding carboxylic acids is 3. The highest BCUT2D eigenvalue weighted by Gasteiger charge is 2.29. The van der Waals surface area contributed by atoms with Crippen LogP contribution >= 0.6 is 0 Å². The smallest absolute Gasteiger partial charge is 0.326 e. The van der Waals surface area contributed by atoms with Crippen LogP contribution in [0.2, 0.25) is 0 Å². The van der Waals surface area contributed by atoms with E-state index in [1.165, 1.54) is 6.92 Å². The van der Waals surface area contributed by atoms with Gasteiger partial charge in [-0.1, -0.05) is 13.8 Å². The minimum absolute atomic E-state index is 0.00328.